The molecule has 0 spiro atoms. The molecular weight excluding hydrogens is 374 g/mol. The van der Waals surface area contributed by atoms with Crippen molar-refractivity contribution in [2.75, 3.05) is 44.7 Å². The van der Waals surface area contributed by atoms with E-state index in [1.807, 2.05) is 6.07 Å². The van der Waals surface area contributed by atoms with E-state index in [-0.39, 0.29) is 12.1 Å². The maximum atomic E-state index is 12.7. The van der Waals surface area contributed by atoms with E-state index < -0.39 is 11.2 Å². The van der Waals surface area contributed by atoms with Gasteiger partial charge in [-0.3, -0.25) is 9.36 Å². The second-order valence-electron chi connectivity index (χ2n) is 8.01. The zero-order chi connectivity index (χ0) is 20.7. The van der Waals surface area contributed by atoms with Crippen molar-refractivity contribution in [3.05, 3.63) is 33.0 Å². The van der Waals surface area contributed by atoms with Gasteiger partial charge in [-0.2, -0.15) is 4.68 Å². The molecular formula is C20H29N5O4. The van der Waals surface area contributed by atoms with Crippen LogP contribution in [0.2, 0.25) is 0 Å². The van der Waals surface area contributed by atoms with Crippen molar-refractivity contribution in [2.24, 2.45) is 11.7 Å². The predicted molar refractivity (Wildman–Crippen MR) is 112 cm³/mol. The number of nitrogen functional groups attached to an aromatic ring is 1. The lowest BCUT2D eigenvalue weighted by molar-refractivity contribution is 0.180. The summed E-state index contributed by atoms with van der Waals surface area (Å²) in [6, 6.07) is 3.75. The monoisotopic (exact) mass is 403 g/mol. The van der Waals surface area contributed by atoms with Crippen LogP contribution >= 0.6 is 0 Å². The average molecular weight is 403 g/mol. The number of rotatable bonds is 7. The van der Waals surface area contributed by atoms with E-state index in [1.165, 1.54) is 0 Å². The summed E-state index contributed by atoms with van der Waals surface area (Å²) in [7, 11) is 3.26. The number of hydrogen-bond donors (Lipinski definition) is 2. The first-order valence-electron chi connectivity index (χ1n) is 10.1. The third kappa shape index (κ3) is 3.38. The lowest BCUT2D eigenvalue weighted by Gasteiger charge is -2.25. The minimum Gasteiger partial charge on any atom is -0.492 e. The quantitative estimate of drug-likeness (QED) is 0.643. The van der Waals surface area contributed by atoms with Gasteiger partial charge in [0.05, 0.1) is 18.2 Å². The molecule has 2 heterocycles. The van der Waals surface area contributed by atoms with Gasteiger partial charge in [-0.05, 0) is 43.7 Å². The number of aromatic nitrogens is 2. The number of benzene rings is 1. The number of nitrogens with two attached hydrogens (primary N) is 2. The van der Waals surface area contributed by atoms with Gasteiger partial charge in [0.15, 0.2) is 5.75 Å². The molecule has 1 aromatic heterocycles. The van der Waals surface area contributed by atoms with Crippen molar-refractivity contribution < 1.29 is 9.47 Å². The van der Waals surface area contributed by atoms with Crippen LogP contribution in [0.3, 0.4) is 0 Å². The molecule has 0 unspecified atom stereocenters. The molecule has 0 amide bonds. The second kappa shape index (κ2) is 7.72. The lowest BCUT2D eigenvalue weighted by Crippen LogP contribution is -2.44. The number of anilines is 1. The number of methoxy groups -OCH3 is 2. The lowest BCUT2D eigenvalue weighted by atomic mass is 9.97. The summed E-state index contributed by atoms with van der Waals surface area (Å²) in [5.41, 5.74) is 6.77. The van der Waals surface area contributed by atoms with Crippen LogP contribution in [0, 0.1) is 5.92 Å². The molecule has 1 aliphatic carbocycles. The highest BCUT2D eigenvalue weighted by atomic mass is 16.5. The molecule has 0 radical (unpaired) electrons. The topological polar surface area (TPSA) is 118 Å². The standard InChI is InChI=1S/C20H29N5O4/c1-28-10-8-15(21)12-7-9-23(11-12)16-6-5-14-17(18(16)29-2)24(13-3-4-13)20(27)25(22)19(14)26/h5-6,12-13,15H,3-4,7-11,21-22H2,1-2H3/t12-,15+/m0/s1. The first-order valence-corrected chi connectivity index (χ1v) is 10.1. The predicted octanol–water partition coefficient (Wildman–Crippen LogP) is 0.411. The Morgan fingerprint density at radius 1 is 1.21 bits per heavy atom. The molecule has 0 bridgehead atoms. The fraction of sp³-hybridized carbons (Fsp3) is 0.600. The van der Waals surface area contributed by atoms with Crippen LogP contribution in [-0.4, -0.2) is 49.2 Å². The van der Waals surface area contributed by atoms with E-state index in [9.17, 15) is 9.59 Å². The summed E-state index contributed by atoms with van der Waals surface area (Å²) < 4.78 is 13.2. The number of nitrogens with zero attached hydrogens (tertiary/aromatic N) is 3. The Balaban J connectivity index is 1.77. The summed E-state index contributed by atoms with van der Waals surface area (Å²) in [4.78, 5) is 27.6. The first kappa shape index (κ1) is 19.8. The molecule has 158 valence electrons. The van der Waals surface area contributed by atoms with Gasteiger partial charge in [0.2, 0.25) is 0 Å². The molecule has 4 rings (SSSR count). The molecule has 4 N–H and O–H groups in total. The first-order chi connectivity index (χ1) is 14.0. The van der Waals surface area contributed by atoms with Crippen molar-refractivity contribution in [3.63, 3.8) is 0 Å². The molecule has 1 saturated heterocycles. The van der Waals surface area contributed by atoms with Gasteiger partial charge in [0, 0.05) is 38.9 Å². The maximum absolute atomic E-state index is 12.7. The second-order valence-corrected chi connectivity index (χ2v) is 8.01. The molecule has 9 heteroatoms. The Bertz CT molecular complexity index is 1030. The SMILES string of the molecule is COCC[C@@H](N)[C@H]1CCN(c2ccc3c(=O)n(N)c(=O)n(C4CC4)c3c2OC)C1. The molecule has 2 fully saturated rings. The molecule has 2 atom stereocenters. The number of hydrogen-bond acceptors (Lipinski definition) is 7. The van der Waals surface area contributed by atoms with E-state index >= 15 is 0 Å². The van der Waals surface area contributed by atoms with Crippen molar-refractivity contribution in [2.45, 2.75) is 37.8 Å². The van der Waals surface area contributed by atoms with E-state index in [2.05, 4.69) is 4.90 Å². The van der Waals surface area contributed by atoms with Gasteiger partial charge in [-0.25, -0.2) is 4.79 Å². The van der Waals surface area contributed by atoms with Gasteiger partial charge in [-0.15, -0.1) is 0 Å². The molecule has 1 aliphatic heterocycles. The van der Waals surface area contributed by atoms with E-state index in [0.29, 0.717) is 33.9 Å². The van der Waals surface area contributed by atoms with Gasteiger partial charge >= 0.3 is 5.69 Å². The number of ether oxygens (including phenoxy) is 2. The fourth-order valence-electron chi connectivity index (χ4n) is 4.37. The summed E-state index contributed by atoms with van der Waals surface area (Å²) in [6.45, 7) is 2.29. The highest BCUT2D eigenvalue weighted by Crippen LogP contribution is 2.42. The van der Waals surface area contributed by atoms with Gasteiger partial charge in [0.25, 0.3) is 5.56 Å². The van der Waals surface area contributed by atoms with Gasteiger partial charge in [-0.1, -0.05) is 0 Å². The highest BCUT2D eigenvalue weighted by molar-refractivity contribution is 5.90. The summed E-state index contributed by atoms with van der Waals surface area (Å²) >= 11 is 0. The maximum Gasteiger partial charge on any atom is 0.350 e. The molecule has 1 saturated carbocycles. The Morgan fingerprint density at radius 3 is 2.62 bits per heavy atom. The Hall–Kier alpha value is -2.52. The summed E-state index contributed by atoms with van der Waals surface area (Å²) in [5, 5.41) is 0.396. The third-order valence-electron chi connectivity index (χ3n) is 6.16. The van der Waals surface area contributed by atoms with E-state index in [1.54, 1.807) is 24.9 Å². The van der Waals surface area contributed by atoms with Gasteiger partial charge in [0.1, 0.15) is 5.52 Å². The molecule has 2 aromatic rings. The highest BCUT2D eigenvalue weighted by Gasteiger charge is 2.33. The van der Waals surface area contributed by atoms with Crippen LogP contribution in [0.4, 0.5) is 5.69 Å². The smallest absolute Gasteiger partial charge is 0.350 e. The fourth-order valence-corrected chi connectivity index (χ4v) is 4.37. The Morgan fingerprint density at radius 2 is 1.97 bits per heavy atom. The summed E-state index contributed by atoms with van der Waals surface area (Å²) in [6.07, 6.45) is 3.58. The summed E-state index contributed by atoms with van der Waals surface area (Å²) in [5.74, 6) is 6.66. The van der Waals surface area contributed by atoms with Crippen molar-refractivity contribution in [1.29, 1.82) is 0 Å². The zero-order valence-electron chi connectivity index (χ0n) is 17.0. The molecule has 29 heavy (non-hydrogen) atoms. The van der Waals surface area contributed by atoms with Crippen molar-refractivity contribution >= 4 is 16.6 Å². The Kier molecular flexibility index (Phi) is 5.26. The number of fused-ring (bicyclic) bond motifs is 1. The van der Waals surface area contributed by atoms with Gasteiger partial charge < -0.3 is 25.9 Å². The molecule has 9 nitrogen and oxygen atoms in total. The van der Waals surface area contributed by atoms with Crippen LogP contribution in [0.25, 0.3) is 10.9 Å². The minimum absolute atomic E-state index is 0.0540. The van der Waals surface area contributed by atoms with E-state index in [0.717, 1.165) is 44.5 Å². The molecule has 1 aromatic carbocycles. The normalized spacial score (nSPS) is 20.4. The van der Waals surface area contributed by atoms with Crippen LogP contribution in [0.1, 0.15) is 31.7 Å². The van der Waals surface area contributed by atoms with Crippen LogP contribution in [0.15, 0.2) is 21.7 Å². The Labute approximate surface area is 168 Å². The van der Waals surface area contributed by atoms with Crippen molar-refractivity contribution in [1.82, 2.24) is 9.24 Å². The minimum atomic E-state index is -0.507. The van der Waals surface area contributed by atoms with Crippen LogP contribution in [-0.2, 0) is 4.74 Å². The average Bonchev–Trinajstić information content (AvgIpc) is 3.44. The third-order valence-corrected chi connectivity index (χ3v) is 6.16. The molecule has 2 aliphatic rings. The largest absolute Gasteiger partial charge is 0.492 e. The van der Waals surface area contributed by atoms with Crippen LogP contribution in [0.5, 0.6) is 5.75 Å². The van der Waals surface area contributed by atoms with Crippen molar-refractivity contribution in [3.8, 4) is 5.75 Å². The van der Waals surface area contributed by atoms with E-state index in [4.69, 9.17) is 21.1 Å². The van der Waals surface area contributed by atoms with Crippen LogP contribution < -0.4 is 32.5 Å². The zero-order valence-corrected chi connectivity index (χ0v) is 17.0.